The zero-order valence-corrected chi connectivity index (χ0v) is 12.8. The van der Waals surface area contributed by atoms with E-state index < -0.39 is 0 Å². The van der Waals surface area contributed by atoms with Gasteiger partial charge < -0.3 is 14.2 Å². The van der Waals surface area contributed by atoms with E-state index in [4.69, 9.17) is 14.2 Å². The zero-order chi connectivity index (χ0) is 15.2. The monoisotopic (exact) mass is 303 g/mol. The molecule has 0 spiro atoms. The number of hydrogen-bond acceptors (Lipinski definition) is 5. The predicted molar refractivity (Wildman–Crippen MR) is 81.5 cm³/mol. The highest BCUT2D eigenvalue weighted by molar-refractivity contribution is 5.57. The first-order valence-electron chi connectivity index (χ1n) is 7.63. The molecule has 6 nitrogen and oxygen atoms in total. The molecule has 0 amide bonds. The van der Waals surface area contributed by atoms with Gasteiger partial charge in [0.25, 0.3) is 0 Å². The standard InChI is InChI=1S/C16H21N3O3/c1-19-16(17-12-18-19)13-5-4-6-14(11-13)20-9-10-22-15-7-2-3-8-21-15/h4-6,11-12,15H,2-3,7-10H2,1H3/t15-/m1/s1. The van der Waals surface area contributed by atoms with Gasteiger partial charge in [-0.3, -0.25) is 0 Å². The van der Waals surface area contributed by atoms with E-state index in [9.17, 15) is 0 Å². The predicted octanol–water partition coefficient (Wildman–Crippen LogP) is 2.40. The fourth-order valence-corrected chi connectivity index (χ4v) is 2.46. The van der Waals surface area contributed by atoms with Gasteiger partial charge in [-0.2, -0.15) is 5.10 Å². The van der Waals surface area contributed by atoms with Crippen LogP contribution in [0.2, 0.25) is 0 Å². The third-order valence-electron chi connectivity index (χ3n) is 3.60. The molecule has 0 N–H and O–H groups in total. The van der Waals surface area contributed by atoms with E-state index in [0.29, 0.717) is 13.2 Å². The van der Waals surface area contributed by atoms with Crippen molar-refractivity contribution in [1.29, 1.82) is 0 Å². The Morgan fingerprint density at radius 2 is 2.27 bits per heavy atom. The molecule has 1 aromatic carbocycles. The number of aromatic nitrogens is 3. The minimum absolute atomic E-state index is 0.0673. The summed E-state index contributed by atoms with van der Waals surface area (Å²) >= 11 is 0. The number of hydrogen-bond donors (Lipinski definition) is 0. The summed E-state index contributed by atoms with van der Waals surface area (Å²) in [5, 5.41) is 4.08. The van der Waals surface area contributed by atoms with Gasteiger partial charge in [0.1, 0.15) is 18.7 Å². The molecule has 22 heavy (non-hydrogen) atoms. The van der Waals surface area contributed by atoms with Crippen LogP contribution in [0.15, 0.2) is 30.6 Å². The minimum Gasteiger partial charge on any atom is -0.491 e. The second kappa shape index (κ2) is 7.38. The van der Waals surface area contributed by atoms with E-state index in [1.165, 1.54) is 6.42 Å². The maximum Gasteiger partial charge on any atom is 0.157 e. The molecule has 0 aliphatic carbocycles. The van der Waals surface area contributed by atoms with Crippen molar-refractivity contribution in [3.8, 4) is 17.1 Å². The van der Waals surface area contributed by atoms with Crippen LogP contribution in [0.3, 0.4) is 0 Å². The van der Waals surface area contributed by atoms with Crippen LogP contribution in [0, 0.1) is 0 Å². The molecule has 1 saturated heterocycles. The molecule has 0 saturated carbocycles. The third kappa shape index (κ3) is 3.84. The average molecular weight is 303 g/mol. The van der Waals surface area contributed by atoms with E-state index in [-0.39, 0.29) is 6.29 Å². The Bertz CT molecular complexity index is 594. The van der Waals surface area contributed by atoms with Crippen LogP contribution in [-0.4, -0.2) is 40.9 Å². The second-order valence-corrected chi connectivity index (χ2v) is 5.25. The topological polar surface area (TPSA) is 58.4 Å². The highest BCUT2D eigenvalue weighted by Gasteiger charge is 2.13. The molecule has 118 valence electrons. The first kappa shape index (κ1) is 15.0. The Morgan fingerprint density at radius 1 is 1.32 bits per heavy atom. The highest BCUT2D eigenvalue weighted by Crippen LogP contribution is 2.21. The van der Waals surface area contributed by atoms with Crippen molar-refractivity contribution in [3.63, 3.8) is 0 Å². The summed E-state index contributed by atoms with van der Waals surface area (Å²) in [5.41, 5.74) is 0.981. The van der Waals surface area contributed by atoms with E-state index in [0.717, 1.165) is 36.6 Å². The summed E-state index contributed by atoms with van der Waals surface area (Å²) in [6.07, 6.45) is 4.75. The van der Waals surface area contributed by atoms with E-state index >= 15 is 0 Å². The molecule has 0 bridgehead atoms. The molecule has 1 aliphatic heterocycles. The molecule has 0 radical (unpaired) electrons. The maximum absolute atomic E-state index is 5.74. The molecular formula is C16H21N3O3. The largest absolute Gasteiger partial charge is 0.491 e. The van der Waals surface area contributed by atoms with Crippen LogP contribution in [-0.2, 0) is 16.5 Å². The van der Waals surface area contributed by atoms with E-state index in [1.807, 2.05) is 31.3 Å². The summed E-state index contributed by atoms with van der Waals surface area (Å²) in [6, 6.07) is 7.83. The van der Waals surface area contributed by atoms with Crippen molar-refractivity contribution in [2.24, 2.45) is 7.05 Å². The molecule has 1 fully saturated rings. The molecule has 3 rings (SSSR count). The van der Waals surface area contributed by atoms with Gasteiger partial charge in [-0.05, 0) is 31.4 Å². The molecular weight excluding hydrogens is 282 g/mol. The summed E-state index contributed by atoms with van der Waals surface area (Å²) < 4.78 is 18.6. The van der Waals surface area contributed by atoms with Crippen molar-refractivity contribution in [1.82, 2.24) is 14.8 Å². The number of aryl methyl sites for hydroxylation is 1. The minimum atomic E-state index is -0.0673. The quantitative estimate of drug-likeness (QED) is 0.767. The van der Waals surface area contributed by atoms with Gasteiger partial charge in [0.05, 0.1) is 6.61 Å². The third-order valence-corrected chi connectivity index (χ3v) is 3.60. The molecule has 2 aromatic rings. The number of ether oxygens (including phenoxy) is 3. The van der Waals surface area contributed by atoms with Crippen LogP contribution >= 0.6 is 0 Å². The zero-order valence-electron chi connectivity index (χ0n) is 12.8. The molecule has 0 unspecified atom stereocenters. The Balaban J connectivity index is 1.49. The molecule has 6 heteroatoms. The Hall–Kier alpha value is -1.92. The van der Waals surface area contributed by atoms with Crippen molar-refractivity contribution >= 4 is 0 Å². The van der Waals surface area contributed by atoms with Crippen LogP contribution in [0.1, 0.15) is 19.3 Å². The Labute approximate surface area is 130 Å². The SMILES string of the molecule is Cn1ncnc1-c1cccc(OCCO[C@@H]2CCCCO2)c1. The molecule has 1 aliphatic rings. The van der Waals surface area contributed by atoms with Crippen LogP contribution in [0.25, 0.3) is 11.4 Å². The van der Waals surface area contributed by atoms with E-state index in [2.05, 4.69) is 10.1 Å². The van der Waals surface area contributed by atoms with Gasteiger partial charge >= 0.3 is 0 Å². The summed E-state index contributed by atoms with van der Waals surface area (Å²) in [5.74, 6) is 1.62. The van der Waals surface area contributed by atoms with Crippen molar-refractivity contribution in [2.45, 2.75) is 25.6 Å². The molecule has 2 heterocycles. The molecule has 1 aromatic heterocycles. The van der Waals surface area contributed by atoms with Gasteiger partial charge in [0, 0.05) is 19.2 Å². The lowest BCUT2D eigenvalue weighted by molar-refractivity contribution is -0.165. The van der Waals surface area contributed by atoms with Crippen LogP contribution < -0.4 is 4.74 Å². The lowest BCUT2D eigenvalue weighted by atomic mass is 10.2. The Kier molecular flexibility index (Phi) is 5.03. The van der Waals surface area contributed by atoms with Gasteiger partial charge in [-0.25, -0.2) is 9.67 Å². The number of benzene rings is 1. The first-order valence-corrected chi connectivity index (χ1v) is 7.63. The lowest BCUT2D eigenvalue weighted by Gasteiger charge is -2.22. The van der Waals surface area contributed by atoms with Crippen LogP contribution in [0.4, 0.5) is 0 Å². The fourth-order valence-electron chi connectivity index (χ4n) is 2.46. The van der Waals surface area contributed by atoms with Gasteiger partial charge in [-0.15, -0.1) is 0 Å². The van der Waals surface area contributed by atoms with E-state index in [1.54, 1.807) is 11.0 Å². The molecule has 1 atom stereocenters. The fraction of sp³-hybridized carbons (Fsp3) is 0.500. The van der Waals surface area contributed by atoms with Gasteiger partial charge in [-0.1, -0.05) is 12.1 Å². The summed E-state index contributed by atoms with van der Waals surface area (Å²) in [7, 11) is 1.87. The van der Waals surface area contributed by atoms with Crippen molar-refractivity contribution in [2.75, 3.05) is 19.8 Å². The highest BCUT2D eigenvalue weighted by atomic mass is 16.7. The van der Waals surface area contributed by atoms with Gasteiger partial charge in [0.15, 0.2) is 12.1 Å². The van der Waals surface area contributed by atoms with Crippen molar-refractivity contribution in [3.05, 3.63) is 30.6 Å². The summed E-state index contributed by atoms with van der Waals surface area (Å²) in [6.45, 7) is 1.83. The number of nitrogens with zero attached hydrogens (tertiary/aromatic N) is 3. The first-order chi connectivity index (χ1) is 10.8. The summed E-state index contributed by atoms with van der Waals surface area (Å²) in [4.78, 5) is 4.24. The van der Waals surface area contributed by atoms with Crippen molar-refractivity contribution < 1.29 is 14.2 Å². The van der Waals surface area contributed by atoms with Gasteiger partial charge in [0.2, 0.25) is 0 Å². The maximum atomic E-state index is 5.74. The number of rotatable bonds is 6. The Morgan fingerprint density at radius 3 is 3.05 bits per heavy atom. The van der Waals surface area contributed by atoms with Crippen LogP contribution in [0.5, 0.6) is 5.75 Å². The average Bonchev–Trinajstić information content (AvgIpc) is 2.99. The second-order valence-electron chi connectivity index (χ2n) is 5.25. The smallest absolute Gasteiger partial charge is 0.157 e. The lowest BCUT2D eigenvalue weighted by Crippen LogP contribution is -2.24. The normalized spacial score (nSPS) is 18.3.